The predicted octanol–water partition coefficient (Wildman–Crippen LogP) is 2.53. The van der Waals surface area contributed by atoms with Gasteiger partial charge in [0.25, 0.3) is 6.08 Å². The van der Waals surface area contributed by atoms with Crippen LogP contribution in [0.3, 0.4) is 0 Å². The van der Waals surface area contributed by atoms with Gasteiger partial charge in [0, 0.05) is 0 Å². The molecular formula is C11H14N2O2. The van der Waals surface area contributed by atoms with E-state index in [2.05, 4.69) is 10.5 Å². The standard InChI is InChI=1S/C11H14N2O2/c1-11(2,3)15-10-6-4-9(5-7-10)13-12-8-14/h4-7,13H,1-3H3. The normalized spacial score (nSPS) is 10.3. The second-order valence-electron chi connectivity index (χ2n) is 4.05. The summed E-state index contributed by atoms with van der Waals surface area (Å²) >= 11 is 0. The number of rotatable bonds is 3. The number of benzene rings is 1. The molecule has 0 heterocycles. The first-order valence-electron chi connectivity index (χ1n) is 4.63. The van der Waals surface area contributed by atoms with E-state index in [4.69, 9.17) is 4.74 Å². The molecule has 0 aliphatic carbocycles. The smallest absolute Gasteiger partial charge is 0.258 e. The highest BCUT2D eigenvalue weighted by Crippen LogP contribution is 2.20. The minimum Gasteiger partial charge on any atom is -0.488 e. The summed E-state index contributed by atoms with van der Waals surface area (Å²) in [6.07, 6.45) is 1.40. The van der Waals surface area contributed by atoms with Crippen molar-refractivity contribution in [3.05, 3.63) is 24.3 Å². The minimum atomic E-state index is -0.212. The number of nitrogens with zero attached hydrogens (tertiary/aromatic N) is 1. The zero-order valence-corrected chi connectivity index (χ0v) is 9.07. The number of isocyanates is 1. The lowest BCUT2D eigenvalue weighted by Gasteiger charge is -2.21. The minimum absolute atomic E-state index is 0.212. The van der Waals surface area contributed by atoms with E-state index in [1.165, 1.54) is 6.08 Å². The highest BCUT2D eigenvalue weighted by atomic mass is 16.5. The Morgan fingerprint density at radius 3 is 2.33 bits per heavy atom. The number of nitrogens with one attached hydrogen (secondary N) is 1. The Hall–Kier alpha value is -1.80. The van der Waals surface area contributed by atoms with E-state index in [-0.39, 0.29) is 5.60 Å². The highest BCUT2D eigenvalue weighted by molar-refractivity contribution is 5.48. The van der Waals surface area contributed by atoms with Crippen molar-refractivity contribution in [1.82, 2.24) is 0 Å². The lowest BCUT2D eigenvalue weighted by molar-refractivity contribution is 0.131. The molecule has 0 radical (unpaired) electrons. The van der Waals surface area contributed by atoms with E-state index >= 15 is 0 Å². The quantitative estimate of drug-likeness (QED) is 0.469. The van der Waals surface area contributed by atoms with Gasteiger partial charge in [0.15, 0.2) is 0 Å². The number of carbonyl (C=O) groups excluding carboxylic acids is 1. The Morgan fingerprint density at radius 1 is 1.27 bits per heavy atom. The molecule has 0 atom stereocenters. The topological polar surface area (TPSA) is 50.7 Å². The van der Waals surface area contributed by atoms with Crippen molar-refractivity contribution in [2.45, 2.75) is 26.4 Å². The molecule has 0 fully saturated rings. The van der Waals surface area contributed by atoms with Crippen LogP contribution in [0, 0.1) is 0 Å². The molecule has 0 aliphatic rings. The number of ether oxygens (including phenoxy) is 1. The molecule has 4 heteroatoms. The number of hydrogen-bond acceptors (Lipinski definition) is 4. The third kappa shape index (κ3) is 4.29. The van der Waals surface area contributed by atoms with Crippen LogP contribution in [-0.2, 0) is 4.79 Å². The Morgan fingerprint density at radius 2 is 1.87 bits per heavy atom. The molecule has 15 heavy (non-hydrogen) atoms. The molecule has 1 N–H and O–H groups in total. The Labute approximate surface area is 88.9 Å². The zero-order valence-electron chi connectivity index (χ0n) is 9.07. The second kappa shape index (κ2) is 4.62. The summed E-state index contributed by atoms with van der Waals surface area (Å²) in [6.45, 7) is 5.95. The molecular weight excluding hydrogens is 192 g/mol. The largest absolute Gasteiger partial charge is 0.488 e. The lowest BCUT2D eigenvalue weighted by atomic mass is 10.2. The summed E-state index contributed by atoms with van der Waals surface area (Å²) < 4.78 is 5.63. The molecule has 4 nitrogen and oxygen atoms in total. The second-order valence-corrected chi connectivity index (χ2v) is 4.05. The van der Waals surface area contributed by atoms with Gasteiger partial charge in [0.1, 0.15) is 11.4 Å². The maximum atomic E-state index is 9.85. The van der Waals surface area contributed by atoms with Gasteiger partial charge >= 0.3 is 0 Å². The molecule has 0 aromatic heterocycles. The predicted molar refractivity (Wildman–Crippen MR) is 58.6 cm³/mol. The van der Waals surface area contributed by atoms with Crippen LogP contribution in [0.1, 0.15) is 20.8 Å². The van der Waals surface area contributed by atoms with E-state index in [1.54, 1.807) is 12.1 Å². The van der Waals surface area contributed by atoms with Gasteiger partial charge in [-0.15, -0.1) is 0 Å². The average Bonchev–Trinajstić information content (AvgIpc) is 2.14. The molecule has 80 valence electrons. The molecule has 0 bridgehead atoms. The Balaban J connectivity index is 2.68. The van der Waals surface area contributed by atoms with Crippen molar-refractivity contribution >= 4 is 11.8 Å². The maximum absolute atomic E-state index is 9.85. The highest BCUT2D eigenvalue weighted by Gasteiger charge is 2.10. The van der Waals surface area contributed by atoms with E-state index in [0.717, 1.165) is 11.4 Å². The van der Waals surface area contributed by atoms with Gasteiger partial charge in [-0.25, -0.2) is 4.79 Å². The number of hydrogen-bond donors (Lipinski definition) is 1. The summed E-state index contributed by atoms with van der Waals surface area (Å²) in [7, 11) is 0. The first-order valence-corrected chi connectivity index (χ1v) is 4.63. The van der Waals surface area contributed by atoms with E-state index in [0.29, 0.717) is 0 Å². The van der Waals surface area contributed by atoms with Crippen LogP contribution in [0.15, 0.2) is 29.4 Å². The summed E-state index contributed by atoms with van der Waals surface area (Å²) in [4.78, 5) is 9.85. The lowest BCUT2D eigenvalue weighted by Crippen LogP contribution is -2.22. The van der Waals surface area contributed by atoms with Crippen LogP contribution in [0.4, 0.5) is 5.69 Å². The van der Waals surface area contributed by atoms with E-state index in [1.807, 2.05) is 32.9 Å². The SMILES string of the molecule is CC(C)(C)Oc1ccc(NN=C=O)cc1. The van der Waals surface area contributed by atoms with Crippen LogP contribution in [0.2, 0.25) is 0 Å². The molecule has 0 amide bonds. The maximum Gasteiger partial charge on any atom is 0.258 e. The molecule has 1 aromatic carbocycles. The third-order valence-electron chi connectivity index (χ3n) is 1.51. The summed E-state index contributed by atoms with van der Waals surface area (Å²) in [6, 6.07) is 7.19. The fraction of sp³-hybridized carbons (Fsp3) is 0.364. The van der Waals surface area contributed by atoms with Gasteiger partial charge in [0.2, 0.25) is 0 Å². The monoisotopic (exact) mass is 206 g/mol. The van der Waals surface area contributed by atoms with Gasteiger partial charge in [0.05, 0.1) is 5.69 Å². The van der Waals surface area contributed by atoms with Crippen LogP contribution >= 0.6 is 0 Å². The first-order chi connectivity index (χ1) is 7.01. The molecule has 1 rings (SSSR count). The fourth-order valence-corrected chi connectivity index (χ4v) is 1.04. The van der Waals surface area contributed by atoms with Crippen molar-refractivity contribution in [2.75, 3.05) is 5.43 Å². The Kier molecular flexibility index (Phi) is 3.47. The van der Waals surface area contributed by atoms with E-state index < -0.39 is 0 Å². The molecule has 1 aromatic rings. The zero-order chi connectivity index (χ0) is 11.3. The molecule has 0 saturated heterocycles. The van der Waals surface area contributed by atoms with Crippen molar-refractivity contribution in [2.24, 2.45) is 5.10 Å². The van der Waals surface area contributed by atoms with Gasteiger partial charge < -0.3 is 4.74 Å². The summed E-state index contributed by atoms with van der Waals surface area (Å²) in [5, 5.41) is 3.25. The first kappa shape index (κ1) is 11.3. The van der Waals surface area contributed by atoms with Crippen LogP contribution in [0.5, 0.6) is 5.75 Å². The van der Waals surface area contributed by atoms with Crippen molar-refractivity contribution in [1.29, 1.82) is 0 Å². The Bertz CT molecular complexity index is 359. The molecule has 0 unspecified atom stereocenters. The van der Waals surface area contributed by atoms with Crippen LogP contribution < -0.4 is 10.2 Å². The van der Waals surface area contributed by atoms with Gasteiger partial charge in [-0.3, -0.25) is 5.43 Å². The van der Waals surface area contributed by atoms with Gasteiger partial charge in [-0.05, 0) is 45.0 Å². The fourth-order valence-electron chi connectivity index (χ4n) is 1.04. The van der Waals surface area contributed by atoms with E-state index in [9.17, 15) is 4.79 Å². The van der Waals surface area contributed by atoms with Crippen molar-refractivity contribution in [3.63, 3.8) is 0 Å². The molecule has 0 aliphatic heterocycles. The average molecular weight is 206 g/mol. The number of anilines is 1. The summed E-state index contributed by atoms with van der Waals surface area (Å²) in [5.41, 5.74) is 3.04. The molecule has 0 spiro atoms. The van der Waals surface area contributed by atoms with Crippen molar-refractivity contribution < 1.29 is 9.53 Å². The van der Waals surface area contributed by atoms with Crippen molar-refractivity contribution in [3.8, 4) is 5.75 Å². The molecule has 0 saturated carbocycles. The van der Waals surface area contributed by atoms with Crippen LogP contribution in [-0.4, -0.2) is 11.7 Å². The number of hydrazone groups is 1. The van der Waals surface area contributed by atoms with Gasteiger partial charge in [-0.2, -0.15) is 0 Å². The van der Waals surface area contributed by atoms with Gasteiger partial charge in [-0.1, -0.05) is 5.10 Å². The van der Waals surface area contributed by atoms with Crippen LogP contribution in [0.25, 0.3) is 0 Å². The third-order valence-corrected chi connectivity index (χ3v) is 1.51. The summed E-state index contributed by atoms with van der Waals surface area (Å²) in [5.74, 6) is 0.781.